The van der Waals surface area contributed by atoms with Crippen molar-refractivity contribution in [3.63, 3.8) is 0 Å². The molecule has 0 unspecified atom stereocenters. The molecule has 1 fully saturated rings. The van der Waals surface area contributed by atoms with Crippen LogP contribution in [0, 0.1) is 19.7 Å². The average Bonchev–Trinajstić information content (AvgIpc) is 3.12. The van der Waals surface area contributed by atoms with Gasteiger partial charge in [0.2, 0.25) is 0 Å². The molecule has 1 aliphatic carbocycles. The highest BCUT2D eigenvalue weighted by Gasteiger charge is 2.19. The second-order valence-electron chi connectivity index (χ2n) is 8.13. The van der Waals surface area contributed by atoms with Crippen LogP contribution < -0.4 is 0 Å². The molecule has 0 aliphatic heterocycles. The maximum Gasteiger partial charge on any atom is 0.146 e. The highest BCUT2D eigenvalue weighted by molar-refractivity contribution is 6.02. The number of nitrogens with zero attached hydrogens (tertiary/aromatic N) is 1. The summed E-state index contributed by atoms with van der Waals surface area (Å²) in [6.07, 6.45) is 8.44. The molecule has 0 saturated heterocycles. The lowest BCUT2D eigenvalue weighted by molar-refractivity contribution is 0.444. The van der Waals surface area contributed by atoms with Crippen LogP contribution in [0.5, 0.6) is 0 Å². The van der Waals surface area contributed by atoms with Gasteiger partial charge in [0.1, 0.15) is 17.2 Å². The number of rotatable bonds is 2. The predicted molar refractivity (Wildman–Crippen MR) is 112 cm³/mol. The summed E-state index contributed by atoms with van der Waals surface area (Å²) in [5, 5.41) is 2.81. The van der Waals surface area contributed by atoms with Gasteiger partial charge in [0.15, 0.2) is 0 Å². The van der Waals surface area contributed by atoms with Crippen LogP contribution in [0.25, 0.3) is 33.0 Å². The molecule has 0 radical (unpaired) electrons. The minimum Gasteiger partial charge on any atom is -0.461 e. The van der Waals surface area contributed by atoms with Crippen LogP contribution in [0.1, 0.15) is 54.9 Å². The summed E-state index contributed by atoms with van der Waals surface area (Å²) in [6, 6.07) is 12.5. The maximum atomic E-state index is 14.6. The van der Waals surface area contributed by atoms with E-state index in [2.05, 4.69) is 29.2 Å². The molecule has 2 nitrogen and oxygen atoms in total. The Bertz CT molecular complexity index is 1180. The standard InChI is InChI=1S/C25H24FNO/c1-15-12-22(25-21(23(15)26)13-16(2)28-25)24-20-9-8-18(14-19(20)10-11-27-24)17-6-4-3-5-7-17/h8-14,17H,3-7H2,1-2H3. The van der Waals surface area contributed by atoms with E-state index in [9.17, 15) is 4.39 Å². The van der Waals surface area contributed by atoms with Gasteiger partial charge in [-0.3, -0.25) is 4.98 Å². The number of aromatic nitrogens is 1. The van der Waals surface area contributed by atoms with Gasteiger partial charge in [-0.25, -0.2) is 4.39 Å². The molecular weight excluding hydrogens is 349 g/mol. The van der Waals surface area contributed by atoms with Gasteiger partial charge in [-0.15, -0.1) is 0 Å². The third-order valence-corrected chi connectivity index (χ3v) is 6.16. The van der Waals surface area contributed by atoms with Crippen LogP contribution in [0.3, 0.4) is 0 Å². The largest absolute Gasteiger partial charge is 0.461 e. The maximum absolute atomic E-state index is 14.6. The Kier molecular flexibility index (Phi) is 4.19. The lowest BCUT2D eigenvalue weighted by Gasteiger charge is -2.22. The van der Waals surface area contributed by atoms with Crippen LogP contribution in [0.4, 0.5) is 4.39 Å². The Morgan fingerprint density at radius 2 is 1.79 bits per heavy atom. The van der Waals surface area contributed by atoms with E-state index in [1.165, 1.54) is 43.1 Å². The zero-order valence-electron chi connectivity index (χ0n) is 16.4. The van der Waals surface area contributed by atoms with Crippen molar-refractivity contribution in [2.24, 2.45) is 0 Å². The summed E-state index contributed by atoms with van der Waals surface area (Å²) in [5.74, 6) is 1.17. The Hall–Kier alpha value is -2.68. The number of fused-ring (bicyclic) bond motifs is 2. The summed E-state index contributed by atoms with van der Waals surface area (Å²) in [7, 11) is 0. The van der Waals surface area contributed by atoms with Crippen LogP contribution in [0.15, 0.2) is 47.0 Å². The van der Waals surface area contributed by atoms with Crippen LogP contribution >= 0.6 is 0 Å². The molecule has 28 heavy (non-hydrogen) atoms. The lowest BCUT2D eigenvalue weighted by Crippen LogP contribution is -2.04. The van der Waals surface area contributed by atoms with Crippen LogP contribution in [0.2, 0.25) is 0 Å². The molecule has 142 valence electrons. The highest BCUT2D eigenvalue weighted by Crippen LogP contribution is 2.38. The first-order valence-corrected chi connectivity index (χ1v) is 10.2. The summed E-state index contributed by atoms with van der Waals surface area (Å²) in [6.45, 7) is 3.65. The molecule has 2 aromatic carbocycles. The summed E-state index contributed by atoms with van der Waals surface area (Å²) < 4.78 is 20.5. The molecule has 0 bridgehead atoms. The van der Waals surface area contributed by atoms with Gasteiger partial charge in [0.25, 0.3) is 0 Å². The van der Waals surface area contributed by atoms with E-state index < -0.39 is 0 Å². The lowest BCUT2D eigenvalue weighted by atomic mass is 9.83. The van der Waals surface area contributed by atoms with Crippen molar-refractivity contribution in [3.8, 4) is 11.3 Å². The molecule has 0 atom stereocenters. The molecule has 0 N–H and O–H groups in total. The molecular formula is C25H24FNO. The monoisotopic (exact) mass is 373 g/mol. The topological polar surface area (TPSA) is 26.0 Å². The second kappa shape index (κ2) is 6.73. The van der Waals surface area contributed by atoms with E-state index in [0.29, 0.717) is 28.2 Å². The fourth-order valence-corrected chi connectivity index (χ4v) is 4.71. The number of pyridine rings is 1. The van der Waals surface area contributed by atoms with Crippen molar-refractivity contribution in [3.05, 3.63) is 65.3 Å². The molecule has 1 aliphatic rings. The van der Waals surface area contributed by atoms with Gasteiger partial charge in [-0.05, 0) is 67.3 Å². The molecule has 2 aromatic heterocycles. The third kappa shape index (κ3) is 2.81. The summed E-state index contributed by atoms with van der Waals surface area (Å²) in [5.41, 5.74) is 4.34. The van der Waals surface area contributed by atoms with Crippen molar-refractivity contribution >= 4 is 21.7 Å². The Morgan fingerprint density at radius 3 is 2.61 bits per heavy atom. The Labute approximate surface area is 164 Å². The number of hydrogen-bond acceptors (Lipinski definition) is 2. The van der Waals surface area contributed by atoms with Gasteiger partial charge < -0.3 is 4.42 Å². The molecule has 5 rings (SSSR count). The number of hydrogen-bond donors (Lipinski definition) is 0. The van der Waals surface area contributed by atoms with E-state index >= 15 is 0 Å². The first-order chi connectivity index (χ1) is 13.6. The highest BCUT2D eigenvalue weighted by atomic mass is 19.1. The van der Waals surface area contributed by atoms with Gasteiger partial charge in [0.05, 0.1) is 11.1 Å². The van der Waals surface area contributed by atoms with E-state index in [1.807, 2.05) is 19.2 Å². The third-order valence-electron chi connectivity index (χ3n) is 6.16. The Balaban J connectivity index is 1.70. The average molecular weight is 373 g/mol. The van der Waals surface area contributed by atoms with Crippen molar-refractivity contribution in [2.45, 2.75) is 51.9 Å². The number of benzene rings is 2. The Morgan fingerprint density at radius 1 is 0.964 bits per heavy atom. The van der Waals surface area contributed by atoms with Crippen molar-refractivity contribution in [1.29, 1.82) is 0 Å². The van der Waals surface area contributed by atoms with Crippen LogP contribution in [-0.2, 0) is 0 Å². The van der Waals surface area contributed by atoms with Crippen molar-refractivity contribution < 1.29 is 8.81 Å². The van der Waals surface area contributed by atoms with Crippen LogP contribution in [-0.4, -0.2) is 4.98 Å². The fourth-order valence-electron chi connectivity index (χ4n) is 4.71. The number of aryl methyl sites for hydroxylation is 2. The molecule has 4 aromatic rings. The number of halogens is 1. The molecule has 0 amide bonds. The van der Waals surface area contributed by atoms with E-state index in [1.54, 1.807) is 13.0 Å². The van der Waals surface area contributed by atoms with Gasteiger partial charge >= 0.3 is 0 Å². The van der Waals surface area contributed by atoms with Crippen molar-refractivity contribution in [2.75, 3.05) is 0 Å². The summed E-state index contributed by atoms with van der Waals surface area (Å²) in [4.78, 5) is 4.67. The minimum absolute atomic E-state index is 0.213. The SMILES string of the molecule is Cc1cc2c(F)c(C)cc(-c3nccc4cc(C5CCCCC5)ccc34)c2o1. The molecule has 2 heterocycles. The molecule has 1 saturated carbocycles. The van der Waals surface area contributed by atoms with Crippen molar-refractivity contribution in [1.82, 2.24) is 4.98 Å². The zero-order chi connectivity index (χ0) is 19.3. The van der Waals surface area contributed by atoms with E-state index in [0.717, 1.165) is 16.6 Å². The normalized spacial score (nSPS) is 15.5. The smallest absolute Gasteiger partial charge is 0.146 e. The quantitative estimate of drug-likeness (QED) is 0.365. The first-order valence-electron chi connectivity index (χ1n) is 10.2. The fraction of sp³-hybridized carbons (Fsp3) is 0.320. The predicted octanol–water partition coefficient (Wildman–Crippen LogP) is 7.45. The van der Waals surface area contributed by atoms with Gasteiger partial charge in [-0.1, -0.05) is 37.5 Å². The van der Waals surface area contributed by atoms with E-state index in [-0.39, 0.29) is 5.82 Å². The molecule has 0 spiro atoms. The minimum atomic E-state index is -0.213. The van der Waals surface area contributed by atoms with Gasteiger partial charge in [0, 0.05) is 17.1 Å². The number of furan rings is 1. The van der Waals surface area contributed by atoms with E-state index in [4.69, 9.17) is 4.42 Å². The molecule has 3 heteroatoms. The zero-order valence-corrected chi connectivity index (χ0v) is 16.4. The first kappa shape index (κ1) is 17.4. The second-order valence-corrected chi connectivity index (χ2v) is 8.13. The van der Waals surface area contributed by atoms with Gasteiger partial charge in [-0.2, -0.15) is 0 Å². The summed E-state index contributed by atoms with van der Waals surface area (Å²) >= 11 is 0.